The molecule has 1 rings (SSSR count). The zero-order valence-corrected chi connectivity index (χ0v) is 10.2. The molecule has 3 nitrogen and oxygen atoms in total. The highest BCUT2D eigenvalue weighted by Gasteiger charge is 2.17. The van der Waals surface area contributed by atoms with E-state index in [2.05, 4.69) is 12.2 Å². The number of nitrogens with one attached hydrogen (secondary N) is 1. The van der Waals surface area contributed by atoms with E-state index in [-0.39, 0.29) is 0 Å². The van der Waals surface area contributed by atoms with Crippen LogP contribution in [0.4, 0.5) is 0 Å². The molecule has 3 N–H and O–H groups in total. The fourth-order valence-electron chi connectivity index (χ4n) is 2.20. The fraction of sp³-hybridized carbons (Fsp3) is 1.00. The van der Waals surface area contributed by atoms with Crippen molar-refractivity contribution >= 4 is 0 Å². The third kappa shape index (κ3) is 5.50. The number of nitrogens with zero attached hydrogens (tertiary/aromatic N) is 1. The molecule has 1 unspecified atom stereocenters. The van der Waals surface area contributed by atoms with Crippen LogP contribution < -0.4 is 11.2 Å². The summed E-state index contributed by atoms with van der Waals surface area (Å²) < 4.78 is 0. The quantitative estimate of drug-likeness (QED) is 0.501. The lowest BCUT2D eigenvalue weighted by molar-refractivity contribution is 0.153. The molecule has 0 aromatic rings. The number of rotatable bonds is 7. The normalized spacial score (nSPS) is 23.2. The molecule has 0 saturated carbocycles. The van der Waals surface area contributed by atoms with Crippen LogP contribution in [-0.2, 0) is 0 Å². The van der Waals surface area contributed by atoms with Gasteiger partial charge in [0.05, 0.1) is 0 Å². The molecule has 0 aromatic carbocycles. The molecule has 0 spiro atoms. The molecule has 0 amide bonds. The predicted octanol–water partition coefficient (Wildman–Crippen LogP) is 1.88. The van der Waals surface area contributed by atoms with E-state index in [9.17, 15) is 0 Å². The monoisotopic (exact) mass is 213 g/mol. The van der Waals surface area contributed by atoms with Crippen LogP contribution in [-0.4, -0.2) is 30.7 Å². The van der Waals surface area contributed by atoms with Gasteiger partial charge in [-0.25, -0.2) is 5.01 Å². The largest absolute Gasteiger partial charge is 0.314 e. The SMILES string of the molecule is CCCCCCCCC1CNCCN1N. The molecule has 1 heterocycles. The van der Waals surface area contributed by atoms with E-state index in [1.165, 1.54) is 44.9 Å². The van der Waals surface area contributed by atoms with Crippen molar-refractivity contribution in [1.29, 1.82) is 0 Å². The molecule has 1 aliphatic heterocycles. The van der Waals surface area contributed by atoms with Gasteiger partial charge in [0.1, 0.15) is 0 Å². The van der Waals surface area contributed by atoms with E-state index in [1.807, 2.05) is 5.01 Å². The molecule has 90 valence electrons. The van der Waals surface area contributed by atoms with Gasteiger partial charge in [-0.3, -0.25) is 5.84 Å². The van der Waals surface area contributed by atoms with Crippen LogP contribution in [0.2, 0.25) is 0 Å². The molecular formula is C12H27N3. The number of unbranched alkanes of at least 4 members (excludes halogenated alkanes) is 5. The zero-order chi connectivity index (χ0) is 10.9. The van der Waals surface area contributed by atoms with Gasteiger partial charge in [-0.05, 0) is 6.42 Å². The van der Waals surface area contributed by atoms with Crippen molar-refractivity contribution in [2.24, 2.45) is 5.84 Å². The fourth-order valence-corrected chi connectivity index (χ4v) is 2.20. The molecule has 0 bridgehead atoms. The second-order valence-corrected chi connectivity index (χ2v) is 4.65. The van der Waals surface area contributed by atoms with Gasteiger partial charge in [-0.1, -0.05) is 45.4 Å². The number of nitrogens with two attached hydrogens (primary N) is 1. The summed E-state index contributed by atoms with van der Waals surface area (Å²) in [6, 6.07) is 0.574. The van der Waals surface area contributed by atoms with E-state index in [1.54, 1.807) is 0 Å². The molecule has 1 saturated heterocycles. The summed E-state index contributed by atoms with van der Waals surface area (Å²) in [5.41, 5.74) is 0. The van der Waals surface area contributed by atoms with E-state index in [4.69, 9.17) is 5.84 Å². The van der Waals surface area contributed by atoms with Crippen molar-refractivity contribution in [2.75, 3.05) is 19.6 Å². The Bertz CT molecular complexity index is 150. The summed E-state index contributed by atoms with van der Waals surface area (Å²) >= 11 is 0. The van der Waals surface area contributed by atoms with Crippen molar-refractivity contribution in [2.45, 2.75) is 57.9 Å². The minimum Gasteiger partial charge on any atom is -0.314 e. The van der Waals surface area contributed by atoms with Crippen LogP contribution in [0.5, 0.6) is 0 Å². The molecule has 15 heavy (non-hydrogen) atoms. The second kappa shape index (κ2) is 8.08. The maximum atomic E-state index is 5.93. The van der Waals surface area contributed by atoms with Crippen molar-refractivity contribution in [3.8, 4) is 0 Å². The first-order valence-corrected chi connectivity index (χ1v) is 6.56. The van der Waals surface area contributed by atoms with Crippen molar-refractivity contribution in [1.82, 2.24) is 10.3 Å². The van der Waals surface area contributed by atoms with Gasteiger partial charge >= 0.3 is 0 Å². The molecule has 0 aliphatic carbocycles. The summed E-state index contributed by atoms with van der Waals surface area (Å²) in [6.45, 7) is 5.38. The van der Waals surface area contributed by atoms with Gasteiger partial charge in [0.2, 0.25) is 0 Å². The Morgan fingerprint density at radius 2 is 1.93 bits per heavy atom. The van der Waals surface area contributed by atoms with Crippen molar-refractivity contribution in [3.63, 3.8) is 0 Å². The second-order valence-electron chi connectivity index (χ2n) is 4.65. The molecule has 3 heteroatoms. The van der Waals surface area contributed by atoms with E-state index < -0.39 is 0 Å². The van der Waals surface area contributed by atoms with Crippen LogP contribution in [0.25, 0.3) is 0 Å². The Morgan fingerprint density at radius 3 is 2.67 bits per heavy atom. The lowest BCUT2D eigenvalue weighted by atomic mass is 10.0. The maximum Gasteiger partial charge on any atom is 0.0366 e. The van der Waals surface area contributed by atoms with E-state index in [0.717, 1.165) is 19.6 Å². The number of hydrogen-bond acceptors (Lipinski definition) is 3. The van der Waals surface area contributed by atoms with Gasteiger partial charge < -0.3 is 5.32 Å². The Hall–Kier alpha value is -0.120. The van der Waals surface area contributed by atoms with Crippen LogP contribution in [0.1, 0.15) is 51.9 Å². The van der Waals surface area contributed by atoms with Gasteiger partial charge in [-0.15, -0.1) is 0 Å². The molecular weight excluding hydrogens is 186 g/mol. The van der Waals surface area contributed by atoms with Crippen molar-refractivity contribution < 1.29 is 0 Å². The van der Waals surface area contributed by atoms with Crippen LogP contribution in [0, 0.1) is 0 Å². The highest BCUT2D eigenvalue weighted by molar-refractivity contribution is 4.75. The Labute approximate surface area is 94.4 Å². The summed E-state index contributed by atoms with van der Waals surface area (Å²) in [4.78, 5) is 0. The average molecular weight is 213 g/mol. The molecule has 1 atom stereocenters. The highest BCUT2D eigenvalue weighted by atomic mass is 15.4. The topological polar surface area (TPSA) is 41.3 Å². The first kappa shape index (κ1) is 12.9. The summed E-state index contributed by atoms with van der Waals surface area (Å²) in [5, 5.41) is 5.42. The lowest BCUT2D eigenvalue weighted by Gasteiger charge is -2.32. The zero-order valence-electron chi connectivity index (χ0n) is 10.2. The highest BCUT2D eigenvalue weighted by Crippen LogP contribution is 2.11. The average Bonchev–Trinajstić information content (AvgIpc) is 2.25. The minimum atomic E-state index is 0.574. The number of hydrogen-bond donors (Lipinski definition) is 2. The third-order valence-corrected chi connectivity index (χ3v) is 3.29. The Balaban J connectivity index is 1.94. The predicted molar refractivity (Wildman–Crippen MR) is 65.5 cm³/mol. The van der Waals surface area contributed by atoms with Gasteiger partial charge in [-0.2, -0.15) is 0 Å². The number of piperazine rings is 1. The first-order chi connectivity index (χ1) is 7.34. The van der Waals surface area contributed by atoms with Gasteiger partial charge in [0, 0.05) is 25.7 Å². The molecule has 0 radical (unpaired) electrons. The van der Waals surface area contributed by atoms with Crippen LogP contribution >= 0.6 is 0 Å². The summed E-state index contributed by atoms with van der Waals surface area (Å²) in [7, 11) is 0. The van der Waals surface area contributed by atoms with Gasteiger partial charge in [0.25, 0.3) is 0 Å². The molecule has 0 aromatic heterocycles. The summed E-state index contributed by atoms with van der Waals surface area (Å²) in [6.07, 6.45) is 9.52. The lowest BCUT2D eigenvalue weighted by Crippen LogP contribution is -2.54. The standard InChI is InChI=1S/C12H27N3/c1-2-3-4-5-6-7-8-12-11-14-9-10-15(12)13/h12,14H,2-11,13H2,1H3. The van der Waals surface area contributed by atoms with E-state index in [0.29, 0.717) is 6.04 Å². The summed E-state index contributed by atoms with van der Waals surface area (Å²) in [5.74, 6) is 5.93. The third-order valence-electron chi connectivity index (χ3n) is 3.29. The Morgan fingerprint density at radius 1 is 1.20 bits per heavy atom. The van der Waals surface area contributed by atoms with Crippen LogP contribution in [0.3, 0.4) is 0 Å². The molecule has 1 aliphatic rings. The van der Waals surface area contributed by atoms with Gasteiger partial charge in [0.15, 0.2) is 0 Å². The maximum absolute atomic E-state index is 5.93. The molecule has 1 fully saturated rings. The van der Waals surface area contributed by atoms with Crippen molar-refractivity contribution in [3.05, 3.63) is 0 Å². The van der Waals surface area contributed by atoms with E-state index >= 15 is 0 Å². The minimum absolute atomic E-state index is 0.574. The first-order valence-electron chi connectivity index (χ1n) is 6.56. The smallest absolute Gasteiger partial charge is 0.0366 e. The van der Waals surface area contributed by atoms with Crippen LogP contribution in [0.15, 0.2) is 0 Å². The Kier molecular flexibility index (Phi) is 6.98. The number of hydrazine groups is 1.